The van der Waals surface area contributed by atoms with Gasteiger partial charge in [0.05, 0.1) is 13.1 Å². The van der Waals surface area contributed by atoms with Crippen LogP contribution >= 0.6 is 0 Å². The van der Waals surface area contributed by atoms with E-state index in [4.69, 9.17) is 4.74 Å². The van der Waals surface area contributed by atoms with E-state index in [1.54, 1.807) is 0 Å². The minimum atomic E-state index is -0.467. The van der Waals surface area contributed by atoms with Gasteiger partial charge in [0, 0.05) is 5.69 Å². The fourth-order valence-corrected chi connectivity index (χ4v) is 2.65. The topological polar surface area (TPSA) is 79.5 Å². The van der Waals surface area contributed by atoms with E-state index in [-0.39, 0.29) is 31.4 Å². The maximum atomic E-state index is 12.8. The van der Waals surface area contributed by atoms with E-state index >= 15 is 0 Å². The lowest BCUT2D eigenvalue weighted by Crippen LogP contribution is -2.41. The van der Waals surface area contributed by atoms with Crippen LogP contribution in [0.3, 0.4) is 0 Å². The van der Waals surface area contributed by atoms with Crippen LogP contribution in [-0.4, -0.2) is 31.6 Å². The summed E-state index contributed by atoms with van der Waals surface area (Å²) < 4.78 is 18.1. The Morgan fingerprint density at radius 2 is 1.63 bits per heavy atom. The number of ether oxygens (including phenoxy) is 1. The van der Waals surface area contributed by atoms with Gasteiger partial charge >= 0.3 is 6.03 Å². The molecule has 0 radical (unpaired) electrons. The van der Waals surface area contributed by atoms with Crippen LogP contribution in [0.25, 0.3) is 0 Å². The van der Waals surface area contributed by atoms with E-state index in [1.165, 1.54) is 24.3 Å². The quantitative estimate of drug-likeness (QED) is 0.653. The van der Waals surface area contributed by atoms with Crippen LogP contribution in [-0.2, 0) is 4.79 Å². The first kappa shape index (κ1) is 20.2. The van der Waals surface area contributed by atoms with Gasteiger partial charge in [-0.15, -0.1) is 0 Å². The lowest BCUT2D eigenvalue weighted by molar-refractivity contribution is -0.115. The Labute approximate surface area is 158 Å². The number of aryl methyl sites for hydroxylation is 3. The summed E-state index contributed by atoms with van der Waals surface area (Å²) in [7, 11) is 0. The van der Waals surface area contributed by atoms with Gasteiger partial charge in [-0.05, 0) is 56.2 Å². The number of amides is 3. The minimum absolute atomic E-state index is 0.141. The number of nitrogens with one attached hydrogen (secondary N) is 3. The maximum Gasteiger partial charge on any atom is 0.315 e. The molecule has 0 spiro atoms. The number of rotatable bonds is 7. The van der Waals surface area contributed by atoms with Crippen molar-refractivity contribution in [2.45, 2.75) is 20.8 Å². The SMILES string of the molecule is Cc1cc(C)c(NC(=O)CNC(=O)NCCOc2ccc(F)cc2)c(C)c1. The van der Waals surface area contributed by atoms with Gasteiger partial charge in [-0.25, -0.2) is 9.18 Å². The van der Waals surface area contributed by atoms with Gasteiger partial charge in [0.1, 0.15) is 18.2 Å². The largest absolute Gasteiger partial charge is 0.492 e. The third kappa shape index (κ3) is 6.62. The summed E-state index contributed by atoms with van der Waals surface area (Å²) >= 11 is 0. The molecule has 2 rings (SSSR count). The zero-order valence-corrected chi connectivity index (χ0v) is 15.7. The van der Waals surface area contributed by atoms with E-state index in [1.807, 2.05) is 32.9 Å². The number of hydrogen-bond donors (Lipinski definition) is 3. The molecule has 0 aliphatic rings. The van der Waals surface area contributed by atoms with Gasteiger partial charge < -0.3 is 20.7 Å². The Morgan fingerprint density at radius 1 is 1.00 bits per heavy atom. The number of anilines is 1. The highest BCUT2D eigenvalue weighted by Crippen LogP contribution is 2.21. The number of benzene rings is 2. The van der Waals surface area contributed by atoms with E-state index in [0.717, 1.165) is 22.4 Å². The van der Waals surface area contributed by atoms with Crippen molar-refractivity contribution in [3.63, 3.8) is 0 Å². The minimum Gasteiger partial charge on any atom is -0.492 e. The van der Waals surface area contributed by atoms with Crippen LogP contribution in [0, 0.1) is 26.6 Å². The van der Waals surface area contributed by atoms with Gasteiger partial charge in [-0.1, -0.05) is 17.7 Å². The van der Waals surface area contributed by atoms with Crippen molar-refractivity contribution in [3.05, 3.63) is 58.9 Å². The van der Waals surface area contributed by atoms with Crippen LogP contribution in [0.4, 0.5) is 14.9 Å². The second-order valence-corrected chi connectivity index (χ2v) is 6.23. The van der Waals surface area contributed by atoms with E-state index in [9.17, 15) is 14.0 Å². The molecule has 0 atom stereocenters. The summed E-state index contributed by atoms with van der Waals surface area (Å²) in [4.78, 5) is 23.8. The van der Waals surface area contributed by atoms with Crippen molar-refractivity contribution in [1.29, 1.82) is 0 Å². The molecule has 0 bridgehead atoms. The van der Waals surface area contributed by atoms with Crippen molar-refractivity contribution < 1.29 is 18.7 Å². The molecule has 6 nitrogen and oxygen atoms in total. The maximum absolute atomic E-state index is 12.8. The van der Waals surface area contributed by atoms with Crippen molar-refractivity contribution in [3.8, 4) is 5.75 Å². The second-order valence-electron chi connectivity index (χ2n) is 6.23. The fraction of sp³-hybridized carbons (Fsp3) is 0.300. The molecular weight excluding hydrogens is 349 g/mol. The third-order valence-corrected chi connectivity index (χ3v) is 3.82. The molecule has 0 aliphatic carbocycles. The number of urea groups is 1. The molecule has 0 saturated carbocycles. The van der Waals surface area contributed by atoms with Gasteiger partial charge in [0.2, 0.25) is 5.91 Å². The third-order valence-electron chi connectivity index (χ3n) is 3.82. The lowest BCUT2D eigenvalue weighted by atomic mass is 10.1. The molecule has 7 heteroatoms. The van der Waals surface area contributed by atoms with Crippen molar-refractivity contribution in [2.24, 2.45) is 0 Å². The van der Waals surface area contributed by atoms with Gasteiger partial charge in [-0.2, -0.15) is 0 Å². The highest BCUT2D eigenvalue weighted by molar-refractivity contribution is 5.95. The molecule has 3 N–H and O–H groups in total. The average molecular weight is 373 g/mol. The molecule has 144 valence electrons. The predicted octanol–water partition coefficient (Wildman–Crippen LogP) is 3.07. The summed E-state index contributed by atoms with van der Waals surface area (Å²) in [6.07, 6.45) is 0. The Balaban J connectivity index is 1.67. The van der Waals surface area contributed by atoms with E-state index in [2.05, 4.69) is 16.0 Å². The molecule has 0 heterocycles. The Bertz CT molecular complexity index is 784. The first-order valence-electron chi connectivity index (χ1n) is 8.63. The highest BCUT2D eigenvalue weighted by Gasteiger charge is 2.09. The van der Waals surface area contributed by atoms with Crippen LogP contribution in [0.2, 0.25) is 0 Å². The van der Waals surface area contributed by atoms with Crippen LogP contribution in [0.1, 0.15) is 16.7 Å². The number of halogens is 1. The smallest absolute Gasteiger partial charge is 0.315 e. The van der Waals surface area contributed by atoms with Crippen LogP contribution in [0.15, 0.2) is 36.4 Å². The average Bonchev–Trinajstić information content (AvgIpc) is 2.61. The Hall–Kier alpha value is -3.09. The molecule has 27 heavy (non-hydrogen) atoms. The standard InChI is InChI=1S/C20H24FN3O3/c1-13-10-14(2)19(15(3)11-13)24-18(25)12-23-20(26)22-8-9-27-17-6-4-16(21)5-7-17/h4-7,10-11H,8-9,12H2,1-3H3,(H,24,25)(H2,22,23,26). The van der Waals surface area contributed by atoms with Crippen molar-refractivity contribution >= 4 is 17.6 Å². The predicted molar refractivity (Wildman–Crippen MR) is 103 cm³/mol. The summed E-state index contributed by atoms with van der Waals surface area (Å²) in [5.74, 6) is -0.126. The molecule has 0 aromatic heterocycles. The summed E-state index contributed by atoms with van der Waals surface area (Å²) in [6, 6.07) is 9.12. The fourth-order valence-electron chi connectivity index (χ4n) is 2.65. The summed E-state index contributed by atoms with van der Waals surface area (Å²) in [6.45, 7) is 6.19. The van der Waals surface area contributed by atoms with Crippen molar-refractivity contribution in [2.75, 3.05) is 25.0 Å². The van der Waals surface area contributed by atoms with Gasteiger partial charge in [-0.3, -0.25) is 4.79 Å². The molecule has 0 saturated heterocycles. The van der Waals surface area contributed by atoms with Crippen molar-refractivity contribution in [1.82, 2.24) is 10.6 Å². The number of carbonyl (C=O) groups excluding carboxylic acids is 2. The zero-order chi connectivity index (χ0) is 19.8. The second kappa shape index (κ2) is 9.56. The van der Waals surface area contributed by atoms with Gasteiger partial charge in [0.25, 0.3) is 0 Å². The zero-order valence-electron chi connectivity index (χ0n) is 15.7. The van der Waals surface area contributed by atoms with E-state index < -0.39 is 6.03 Å². The monoisotopic (exact) mass is 373 g/mol. The summed E-state index contributed by atoms with van der Waals surface area (Å²) in [5, 5.41) is 7.89. The molecule has 0 aliphatic heterocycles. The Kier molecular flexibility index (Phi) is 7.16. The first-order valence-corrected chi connectivity index (χ1v) is 8.63. The lowest BCUT2D eigenvalue weighted by Gasteiger charge is -2.13. The molecule has 0 unspecified atom stereocenters. The molecule has 2 aromatic carbocycles. The molecular formula is C20H24FN3O3. The number of carbonyl (C=O) groups is 2. The normalized spacial score (nSPS) is 10.2. The molecule has 2 aromatic rings. The Morgan fingerprint density at radius 3 is 2.26 bits per heavy atom. The molecule has 0 fully saturated rings. The highest BCUT2D eigenvalue weighted by atomic mass is 19.1. The number of hydrogen-bond acceptors (Lipinski definition) is 3. The van der Waals surface area contributed by atoms with Crippen LogP contribution in [0.5, 0.6) is 5.75 Å². The van der Waals surface area contributed by atoms with Crippen LogP contribution < -0.4 is 20.7 Å². The van der Waals surface area contributed by atoms with E-state index in [0.29, 0.717) is 5.75 Å². The first-order chi connectivity index (χ1) is 12.8. The van der Waals surface area contributed by atoms with Gasteiger partial charge in [0.15, 0.2) is 0 Å². The summed E-state index contributed by atoms with van der Waals surface area (Å²) in [5.41, 5.74) is 3.84. The molecule has 3 amide bonds.